The summed E-state index contributed by atoms with van der Waals surface area (Å²) in [6.45, 7) is 2.10. The topological polar surface area (TPSA) is 56.2 Å². The molecule has 1 N–H and O–H groups in total. The molecule has 24 heavy (non-hydrogen) atoms. The molecule has 0 bridgehead atoms. The van der Waals surface area contributed by atoms with Crippen LogP contribution in [0.5, 0.6) is 0 Å². The molecule has 1 aliphatic carbocycles. The van der Waals surface area contributed by atoms with E-state index in [1.165, 1.54) is 11.1 Å². The minimum absolute atomic E-state index is 0.0191. The van der Waals surface area contributed by atoms with E-state index in [1.807, 2.05) is 13.2 Å². The molecule has 1 aliphatic heterocycles. The second kappa shape index (κ2) is 6.40. The van der Waals surface area contributed by atoms with Crippen molar-refractivity contribution in [2.24, 2.45) is 7.05 Å². The summed E-state index contributed by atoms with van der Waals surface area (Å²) < 4.78 is 7.18. The molecule has 5 heteroatoms. The first kappa shape index (κ1) is 15.4. The lowest BCUT2D eigenvalue weighted by Crippen LogP contribution is -2.28. The highest BCUT2D eigenvalue weighted by Gasteiger charge is 2.28. The normalized spacial score (nSPS) is 22.5. The Hall–Kier alpha value is -2.14. The summed E-state index contributed by atoms with van der Waals surface area (Å²) in [5.41, 5.74) is 4.37. The van der Waals surface area contributed by atoms with Gasteiger partial charge in [-0.25, -0.2) is 0 Å². The number of amides is 1. The SMILES string of the molecule is Cn1cc(C(=O)NC[C@@H]2CCc3ccccc32)c([C@@H]2CCOC2)n1. The van der Waals surface area contributed by atoms with Crippen molar-refractivity contribution >= 4 is 5.91 Å². The van der Waals surface area contributed by atoms with Crippen molar-refractivity contribution in [1.82, 2.24) is 15.1 Å². The van der Waals surface area contributed by atoms with Crippen molar-refractivity contribution in [3.63, 3.8) is 0 Å². The summed E-state index contributed by atoms with van der Waals surface area (Å²) >= 11 is 0. The van der Waals surface area contributed by atoms with Crippen LogP contribution in [0.4, 0.5) is 0 Å². The molecule has 0 saturated carbocycles. The Morgan fingerprint density at radius 2 is 2.25 bits per heavy atom. The molecule has 4 rings (SSSR count). The van der Waals surface area contributed by atoms with E-state index in [2.05, 4.69) is 34.7 Å². The maximum absolute atomic E-state index is 12.7. The molecule has 1 saturated heterocycles. The maximum atomic E-state index is 12.7. The van der Waals surface area contributed by atoms with Gasteiger partial charge in [0.15, 0.2) is 0 Å². The van der Waals surface area contributed by atoms with Gasteiger partial charge in [-0.05, 0) is 30.4 Å². The number of hydrogen-bond acceptors (Lipinski definition) is 3. The first-order valence-corrected chi connectivity index (χ1v) is 8.69. The second-order valence-electron chi connectivity index (χ2n) is 6.81. The number of rotatable bonds is 4. The minimum Gasteiger partial charge on any atom is -0.381 e. The first-order chi connectivity index (χ1) is 11.7. The Morgan fingerprint density at radius 3 is 3.08 bits per heavy atom. The fraction of sp³-hybridized carbons (Fsp3) is 0.474. The number of fused-ring (bicyclic) bond motifs is 1. The zero-order chi connectivity index (χ0) is 16.5. The standard InChI is InChI=1S/C19H23N3O2/c1-22-11-17(18(21-22)15-8-9-24-12-15)19(23)20-10-14-7-6-13-4-2-3-5-16(13)14/h2-5,11,14-15H,6-10,12H2,1H3,(H,20,23)/t14-,15+/m0/s1. The number of hydrogen-bond donors (Lipinski definition) is 1. The van der Waals surface area contributed by atoms with E-state index in [1.54, 1.807) is 4.68 Å². The zero-order valence-corrected chi connectivity index (χ0v) is 14.0. The lowest BCUT2D eigenvalue weighted by atomic mass is 9.99. The van der Waals surface area contributed by atoms with Gasteiger partial charge in [0.2, 0.25) is 0 Å². The highest BCUT2D eigenvalue weighted by Crippen LogP contribution is 2.32. The average Bonchev–Trinajstić information content (AvgIpc) is 3.32. The molecule has 2 atom stereocenters. The predicted molar refractivity (Wildman–Crippen MR) is 91.2 cm³/mol. The minimum atomic E-state index is -0.0191. The van der Waals surface area contributed by atoms with Crippen LogP contribution in [0.3, 0.4) is 0 Å². The van der Waals surface area contributed by atoms with Crippen molar-refractivity contribution in [1.29, 1.82) is 0 Å². The van der Waals surface area contributed by atoms with E-state index in [-0.39, 0.29) is 11.8 Å². The number of aryl methyl sites for hydroxylation is 2. The second-order valence-corrected chi connectivity index (χ2v) is 6.81. The van der Waals surface area contributed by atoms with Crippen molar-refractivity contribution in [2.45, 2.75) is 31.1 Å². The van der Waals surface area contributed by atoms with Crippen molar-refractivity contribution < 1.29 is 9.53 Å². The molecule has 0 spiro atoms. The van der Waals surface area contributed by atoms with Gasteiger partial charge >= 0.3 is 0 Å². The Labute approximate surface area is 142 Å². The van der Waals surface area contributed by atoms with Crippen molar-refractivity contribution in [2.75, 3.05) is 19.8 Å². The van der Waals surface area contributed by atoms with Gasteiger partial charge in [-0.1, -0.05) is 24.3 Å². The molecule has 2 aliphatic rings. The van der Waals surface area contributed by atoms with Gasteiger partial charge in [0.25, 0.3) is 5.91 Å². The Morgan fingerprint density at radius 1 is 1.38 bits per heavy atom. The third kappa shape index (κ3) is 2.84. The van der Waals surface area contributed by atoms with Crippen LogP contribution < -0.4 is 5.32 Å². The fourth-order valence-electron chi connectivity index (χ4n) is 3.90. The van der Waals surface area contributed by atoms with Crippen LogP contribution in [0, 0.1) is 0 Å². The van der Waals surface area contributed by atoms with Gasteiger partial charge in [0.05, 0.1) is 17.9 Å². The molecule has 0 unspecified atom stereocenters. The lowest BCUT2D eigenvalue weighted by molar-refractivity contribution is 0.0949. The molecule has 0 radical (unpaired) electrons. The third-order valence-electron chi connectivity index (χ3n) is 5.18. The van der Waals surface area contributed by atoms with Gasteiger partial charge in [-0.15, -0.1) is 0 Å². The van der Waals surface area contributed by atoms with Crippen LogP contribution in [0.2, 0.25) is 0 Å². The summed E-state index contributed by atoms with van der Waals surface area (Å²) in [5, 5.41) is 7.63. The number of carbonyl (C=O) groups is 1. The molecule has 5 nitrogen and oxygen atoms in total. The van der Waals surface area contributed by atoms with Crippen molar-refractivity contribution in [3.8, 4) is 0 Å². The number of benzene rings is 1. The molecule has 126 valence electrons. The zero-order valence-electron chi connectivity index (χ0n) is 14.0. The molecular weight excluding hydrogens is 302 g/mol. The number of nitrogens with one attached hydrogen (secondary N) is 1. The van der Waals surface area contributed by atoms with Crippen LogP contribution in [-0.4, -0.2) is 35.4 Å². The molecule has 1 aromatic carbocycles. The van der Waals surface area contributed by atoms with E-state index >= 15 is 0 Å². The van der Waals surface area contributed by atoms with Crippen LogP contribution >= 0.6 is 0 Å². The Kier molecular flexibility index (Phi) is 4.10. The van der Waals surface area contributed by atoms with Crippen LogP contribution in [0.1, 0.15) is 51.9 Å². The summed E-state index contributed by atoms with van der Waals surface area (Å²) in [5.74, 6) is 0.633. The first-order valence-electron chi connectivity index (χ1n) is 8.69. The van der Waals surface area contributed by atoms with Gasteiger partial charge in [0.1, 0.15) is 0 Å². The van der Waals surface area contributed by atoms with Gasteiger partial charge < -0.3 is 10.1 Å². The van der Waals surface area contributed by atoms with Crippen LogP contribution in [0.15, 0.2) is 30.5 Å². The highest BCUT2D eigenvalue weighted by molar-refractivity contribution is 5.95. The smallest absolute Gasteiger partial charge is 0.254 e. The summed E-state index contributed by atoms with van der Waals surface area (Å²) in [6.07, 6.45) is 4.98. The third-order valence-corrected chi connectivity index (χ3v) is 5.18. The number of carbonyl (C=O) groups excluding carboxylic acids is 1. The summed E-state index contributed by atoms with van der Waals surface area (Å²) in [4.78, 5) is 12.7. The number of nitrogens with zero attached hydrogens (tertiary/aromatic N) is 2. The van der Waals surface area contributed by atoms with Gasteiger partial charge in [-0.2, -0.15) is 5.10 Å². The van der Waals surface area contributed by atoms with Crippen molar-refractivity contribution in [3.05, 3.63) is 52.8 Å². The molecule has 1 fully saturated rings. The molecule has 1 amide bonds. The number of ether oxygens (including phenoxy) is 1. The van der Waals surface area contributed by atoms with E-state index in [0.717, 1.165) is 31.6 Å². The van der Waals surface area contributed by atoms with Crippen LogP contribution in [-0.2, 0) is 18.2 Å². The largest absolute Gasteiger partial charge is 0.381 e. The lowest BCUT2D eigenvalue weighted by Gasteiger charge is -2.13. The Bertz CT molecular complexity index is 747. The number of aromatic nitrogens is 2. The highest BCUT2D eigenvalue weighted by atomic mass is 16.5. The van der Waals surface area contributed by atoms with E-state index in [4.69, 9.17) is 4.74 Å². The molecule has 2 aromatic rings. The average molecular weight is 325 g/mol. The monoisotopic (exact) mass is 325 g/mol. The Balaban J connectivity index is 1.46. The van der Waals surface area contributed by atoms with E-state index in [0.29, 0.717) is 24.6 Å². The quantitative estimate of drug-likeness (QED) is 0.939. The fourth-order valence-corrected chi connectivity index (χ4v) is 3.90. The van der Waals surface area contributed by atoms with Gasteiger partial charge in [0, 0.05) is 38.2 Å². The maximum Gasteiger partial charge on any atom is 0.254 e. The predicted octanol–water partition coefficient (Wildman–Crippen LogP) is 2.38. The summed E-state index contributed by atoms with van der Waals surface area (Å²) in [6, 6.07) is 8.55. The summed E-state index contributed by atoms with van der Waals surface area (Å²) in [7, 11) is 1.86. The molecule has 1 aromatic heterocycles. The van der Waals surface area contributed by atoms with E-state index < -0.39 is 0 Å². The van der Waals surface area contributed by atoms with Gasteiger partial charge in [-0.3, -0.25) is 9.48 Å². The van der Waals surface area contributed by atoms with Crippen LogP contribution in [0.25, 0.3) is 0 Å². The van der Waals surface area contributed by atoms with E-state index in [9.17, 15) is 4.79 Å². The molecule has 2 heterocycles. The molecular formula is C19H23N3O2.